The highest BCUT2D eigenvalue weighted by atomic mass is 35.5. The second kappa shape index (κ2) is 10.7. The van der Waals surface area contributed by atoms with Crippen molar-refractivity contribution in [2.75, 3.05) is 23.3 Å². The Morgan fingerprint density at radius 3 is 2.51 bits per heavy atom. The summed E-state index contributed by atoms with van der Waals surface area (Å²) in [5.74, 6) is -0.405. The van der Waals surface area contributed by atoms with Gasteiger partial charge in [0.1, 0.15) is 11.9 Å². The largest absolute Gasteiger partial charge is 0.487 e. The van der Waals surface area contributed by atoms with Crippen LogP contribution in [0.3, 0.4) is 0 Å². The van der Waals surface area contributed by atoms with Crippen molar-refractivity contribution >= 4 is 34.9 Å². The molecule has 0 saturated carbocycles. The van der Waals surface area contributed by atoms with E-state index >= 15 is 0 Å². The number of rotatable bonds is 8. The number of nitrogens with zero attached hydrogens (tertiary/aromatic N) is 2. The number of aromatic carboxylic acids is 1. The number of anilines is 2. The van der Waals surface area contributed by atoms with Crippen molar-refractivity contribution in [3.05, 3.63) is 107 Å². The van der Waals surface area contributed by atoms with E-state index in [1.165, 1.54) is 0 Å². The van der Waals surface area contributed by atoms with Gasteiger partial charge in [0.15, 0.2) is 0 Å². The average molecular weight is 514 g/mol. The van der Waals surface area contributed by atoms with Crippen LogP contribution in [0.25, 0.3) is 11.1 Å². The number of carboxylic acid groups (broad SMARTS) is 1. The van der Waals surface area contributed by atoms with Gasteiger partial charge in [-0.3, -0.25) is 9.78 Å². The lowest BCUT2D eigenvalue weighted by molar-refractivity contribution is -0.115. The molecular formula is C29H24ClN3O4. The van der Waals surface area contributed by atoms with Crippen LogP contribution in [-0.2, 0) is 11.2 Å². The van der Waals surface area contributed by atoms with E-state index in [1.54, 1.807) is 54.9 Å². The van der Waals surface area contributed by atoms with Crippen molar-refractivity contribution in [2.24, 2.45) is 0 Å². The van der Waals surface area contributed by atoms with Gasteiger partial charge in [0, 0.05) is 34.4 Å². The number of carbonyl (C=O) groups is 2. The molecule has 0 bridgehead atoms. The molecule has 1 aromatic heterocycles. The van der Waals surface area contributed by atoms with Crippen LogP contribution in [0.15, 0.2) is 91.3 Å². The minimum atomic E-state index is -0.988. The second-order valence-electron chi connectivity index (χ2n) is 8.77. The normalized spacial score (nSPS) is 13.1. The van der Waals surface area contributed by atoms with E-state index < -0.39 is 5.97 Å². The second-order valence-corrected chi connectivity index (χ2v) is 9.21. The Hall–Kier alpha value is -4.36. The fourth-order valence-electron chi connectivity index (χ4n) is 4.34. The SMILES string of the molecule is O=C(Cc1cccnc1)Nc1ccc(OC2CN(c3cccc(C(=O)O)c3-c3cccc(Cl)c3)C2)cc1. The van der Waals surface area contributed by atoms with Crippen LogP contribution in [-0.4, -0.2) is 41.2 Å². The monoisotopic (exact) mass is 513 g/mol. The lowest BCUT2D eigenvalue weighted by Crippen LogP contribution is -2.54. The van der Waals surface area contributed by atoms with Gasteiger partial charge in [-0.25, -0.2) is 4.79 Å². The summed E-state index contributed by atoms with van der Waals surface area (Å²) in [5.41, 5.74) is 3.99. The summed E-state index contributed by atoms with van der Waals surface area (Å²) in [6, 6.07) is 23.4. The molecule has 0 aliphatic carbocycles. The summed E-state index contributed by atoms with van der Waals surface area (Å²) in [6.45, 7) is 1.22. The van der Waals surface area contributed by atoms with Crippen molar-refractivity contribution < 1.29 is 19.4 Å². The fourth-order valence-corrected chi connectivity index (χ4v) is 4.53. The van der Waals surface area contributed by atoms with E-state index in [9.17, 15) is 14.7 Å². The molecule has 0 unspecified atom stereocenters. The highest BCUT2D eigenvalue weighted by molar-refractivity contribution is 6.31. The molecule has 2 N–H and O–H groups in total. The Morgan fingerprint density at radius 2 is 1.81 bits per heavy atom. The van der Waals surface area contributed by atoms with Crippen molar-refractivity contribution in [1.82, 2.24) is 4.98 Å². The van der Waals surface area contributed by atoms with Crippen molar-refractivity contribution in [2.45, 2.75) is 12.5 Å². The Morgan fingerprint density at radius 1 is 1.03 bits per heavy atom. The molecule has 1 fully saturated rings. The van der Waals surface area contributed by atoms with Gasteiger partial charge in [0.2, 0.25) is 5.91 Å². The van der Waals surface area contributed by atoms with Gasteiger partial charge in [-0.1, -0.05) is 35.9 Å². The predicted octanol–water partition coefficient (Wildman–Crippen LogP) is 5.55. The average Bonchev–Trinajstić information content (AvgIpc) is 2.87. The zero-order valence-electron chi connectivity index (χ0n) is 19.8. The Balaban J connectivity index is 1.22. The number of hydrogen-bond acceptors (Lipinski definition) is 5. The summed E-state index contributed by atoms with van der Waals surface area (Å²) in [7, 11) is 0. The number of benzene rings is 3. The first kappa shape index (κ1) is 24.3. The van der Waals surface area contributed by atoms with Crippen molar-refractivity contribution in [3.8, 4) is 16.9 Å². The molecular weight excluding hydrogens is 490 g/mol. The number of nitrogens with one attached hydrogen (secondary N) is 1. The minimum absolute atomic E-state index is 0.0493. The Labute approximate surface area is 219 Å². The summed E-state index contributed by atoms with van der Waals surface area (Å²) < 4.78 is 6.10. The maximum absolute atomic E-state index is 12.3. The van der Waals surface area contributed by atoms with Gasteiger partial charge >= 0.3 is 5.97 Å². The third-order valence-corrected chi connectivity index (χ3v) is 6.34. The van der Waals surface area contributed by atoms with Gasteiger partial charge in [-0.15, -0.1) is 0 Å². The molecule has 2 heterocycles. The topological polar surface area (TPSA) is 91.8 Å². The van der Waals surface area contributed by atoms with Crippen LogP contribution >= 0.6 is 11.6 Å². The number of aromatic nitrogens is 1. The van der Waals surface area contributed by atoms with Crippen LogP contribution in [0.1, 0.15) is 15.9 Å². The molecule has 8 heteroatoms. The highest BCUT2D eigenvalue weighted by Crippen LogP contribution is 2.38. The maximum Gasteiger partial charge on any atom is 0.336 e. The van der Waals surface area contributed by atoms with Gasteiger partial charge in [0.25, 0.3) is 0 Å². The zero-order valence-corrected chi connectivity index (χ0v) is 20.6. The van der Waals surface area contributed by atoms with E-state index in [-0.39, 0.29) is 24.0 Å². The molecule has 1 amide bonds. The molecule has 1 saturated heterocycles. The number of ether oxygens (including phenoxy) is 1. The van der Waals surface area contributed by atoms with Crippen molar-refractivity contribution in [1.29, 1.82) is 0 Å². The Bertz CT molecular complexity index is 1420. The lowest BCUT2D eigenvalue weighted by Gasteiger charge is -2.41. The molecule has 4 aromatic rings. The molecule has 0 atom stereocenters. The third kappa shape index (κ3) is 5.73. The molecule has 0 spiro atoms. The van der Waals surface area contributed by atoms with Gasteiger partial charge in [-0.2, -0.15) is 0 Å². The molecule has 7 nitrogen and oxygen atoms in total. The molecule has 1 aliphatic heterocycles. The van der Waals surface area contributed by atoms with Crippen LogP contribution < -0.4 is 15.0 Å². The standard InChI is InChI=1S/C29H24ClN3O4/c30-21-6-1-5-20(15-21)28-25(29(35)36)7-2-8-26(28)33-17-24(18-33)37-23-11-9-22(10-12-23)32-27(34)14-19-4-3-13-31-16-19/h1-13,15-16,24H,14,17-18H2,(H,32,34)(H,35,36). The summed E-state index contributed by atoms with van der Waals surface area (Å²) >= 11 is 6.19. The van der Waals surface area contributed by atoms with Gasteiger partial charge in [0.05, 0.1) is 25.1 Å². The molecule has 186 valence electrons. The molecule has 37 heavy (non-hydrogen) atoms. The Kier molecular flexibility index (Phi) is 7.05. The summed E-state index contributed by atoms with van der Waals surface area (Å²) in [5, 5.41) is 13.2. The maximum atomic E-state index is 12.3. The van der Waals surface area contributed by atoms with Crippen LogP contribution in [0.4, 0.5) is 11.4 Å². The fraction of sp³-hybridized carbons (Fsp3) is 0.138. The van der Waals surface area contributed by atoms with E-state index in [0.717, 1.165) is 16.8 Å². The number of carboxylic acids is 1. The van der Waals surface area contributed by atoms with Crippen molar-refractivity contribution in [3.63, 3.8) is 0 Å². The van der Waals surface area contributed by atoms with E-state index in [1.807, 2.05) is 36.4 Å². The lowest BCUT2D eigenvalue weighted by atomic mass is 9.95. The number of halogens is 1. The number of hydrogen-bond donors (Lipinski definition) is 2. The predicted molar refractivity (Wildman–Crippen MR) is 143 cm³/mol. The van der Waals surface area contributed by atoms with E-state index in [2.05, 4.69) is 15.2 Å². The van der Waals surface area contributed by atoms with Crippen LogP contribution in [0, 0.1) is 0 Å². The smallest absolute Gasteiger partial charge is 0.336 e. The number of amides is 1. The van der Waals surface area contributed by atoms with Crippen LogP contribution in [0.2, 0.25) is 5.02 Å². The first-order valence-corrected chi connectivity index (χ1v) is 12.2. The quantitative estimate of drug-likeness (QED) is 0.321. The molecule has 0 radical (unpaired) electrons. The molecule has 5 rings (SSSR count). The number of pyridine rings is 1. The highest BCUT2D eigenvalue weighted by Gasteiger charge is 2.31. The van der Waals surface area contributed by atoms with E-state index in [4.69, 9.17) is 16.3 Å². The van der Waals surface area contributed by atoms with Crippen LogP contribution in [0.5, 0.6) is 5.75 Å². The molecule has 3 aromatic carbocycles. The molecule has 1 aliphatic rings. The number of carbonyl (C=O) groups excluding carboxylic acids is 1. The van der Waals surface area contributed by atoms with E-state index in [0.29, 0.717) is 35.1 Å². The zero-order chi connectivity index (χ0) is 25.8. The summed E-state index contributed by atoms with van der Waals surface area (Å²) in [6.07, 6.45) is 3.55. The summed E-state index contributed by atoms with van der Waals surface area (Å²) in [4.78, 5) is 30.3. The van der Waals surface area contributed by atoms with Gasteiger partial charge in [-0.05, 0) is 65.7 Å². The van der Waals surface area contributed by atoms with Gasteiger partial charge < -0.3 is 20.1 Å². The minimum Gasteiger partial charge on any atom is -0.487 e. The third-order valence-electron chi connectivity index (χ3n) is 6.10. The first-order chi connectivity index (χ1) is 18.0. The first-order valence-electron chi connectivity index (χ1n) is 11.8.